The molecule has 0 aliphatic heterocycles. The number of nitrogens with zero attached hydrogens (tertiary/aromatic N) is 2. The maximum atomic E-state index is 9.67. The fourth-order valence-corrected chi connectivity index (χ4v) is 2.23. The van der Waals surface area contributed by atoms with E-state index >= 15 is 0 Å². The molecule has 1 aromatic rings. The topological polar surface area (TPSA) is 104 Å². The van der Waals surface area contributed by atoms with Gasteiger partial charge in [0.2, 0.25) is 0 Å². The van der Waals surface area contributed by atoms with E-state index in [0.717, 1.165) is 0 Å². The van der Waals surface area contributed by atoms with Crippen molar-refractivity contribution in [1.82, 2.24) is 9.97 Å². The van der Waals surface area contributed by atoms with Crippen LogP contribution >= 0.6 is 11.6 Å². The third-order valence-corrected chi connectivity index (χ3v) is 3.37. The monoisotopic (exact) mass is 258 g/mol. The molecule has 2 rings (SSSR count). The zero-order valence-electron chi connectivity index (χ0n) is 9.17. The first-order valence-electron chi connectivity index (χ1n) is 5.43. The molecule has 0 radical (unpaired) electrons. The van der Waals surface area contributed by atoms with E-state index in [9.17, 15) is 5.11 Å². The van der Waals surface area contributed by atoms with E-state index in [0.29, 0.717) is 24.3 Å². The predicted molar refractivity (Wildman–Crippen MR) is 64.7 cm³/mol. The Kier molecular flexibility index (Phi) is 3.66. The molecule has 0 saturated heterocycles. The Bertz CT molecular complexity index is 404. The highest BCUT2D eigenvalue weighted by atomic mass is 35.5. The maximum Gasteiger partial charge on any atom is 0.157 e. The molecule has 6 nitrogen and oxygen atoms in total. The second-order valence-corrected chi connectivity index (χ2v) is 4.61. The number of nitrogens with two attached hydrogens (primary N) is 1. The third-order valence-electron chi connectivity index (χ3n) is 3.07. The van der Waals surface area contributed by atoms with Crippen LogP contribution < -0.4 is 11.1 Å². The Morgan fingerprint density at radius 1 is 1.47 bits per heavy atom. The average molecular weight is 259 g/mol. The highest BCUT2D eigenvalue weighted by Crippen LogP contribution is 2.30. The summed E-state index contributed by atoms with van der Waals surface area (Å²) in [4.78, 5) is 7.76. The van der Waals surface area contributed by atoms with Crippen molar-refractivity contribution in [3.05, 3.63) is 11.5 Å². The van der Waals surface area contributed by atoms with E-state index in [1.54, 1.807) is 0 Å². The van der Waals surface area contributed by atoms with Crippen LogP contribution in [-0.2, 0) is 0 Å². The number of anilines is 2. The summed E-state index contributed by atoms with van der Waals surface area (Å²) in [5, 5.41) is 22.1. The Morgan fingerprint density at radius 3 is 2.88 bits per heavy atom. The largest absolute Gasteiger partial charge is 0.396 e. The van der Waals surface area contributed by atoms with Crippen LogP contribution in [0, 0.1) is 5.92 Å². The Morgan fingerprint density at radius 2 is 2.24 bits per heavy atom. The van der Waals surface area contributed by atoms with Crippen molar-refractivity contribution in [3.8, 4) is 0 Å². The lowest BCUT2D eigenvalue weighted by atomic mass is 10.1. The number of nitrogens with one attached hydrogen (secondary N) is 1. The number of aromatic nitrogens is 2. The lowest BCUT2D eigenvalue weighted by Crippen LogP contribution is -2.18. The van der Waals surface area contributed by atoms with Gasteiger partial charge in [-0.25, -0.2) is 9.97 Å². The summed E-state index contributed by atoms with van der Waals surface area (Å²) in [5.41, 5.74) is 6.03. The normalized spacial score (nSPS) is 28.3. The van der Waals surface area contributed by atoms with Crippen LogP contribution in [0.15, 0.2) is 6.33 Å². The quantitative estimate of drug-likeness (QED) is 0.580. The van der Waals surface area contributed by atoms with Crippen molar-refractivity contribution >= 4 is 23.1 Å². The Balaban J connectivity index is 2.05. The fraction of sp³-hybridized carbons (Fsp3) is 0.600. The predicted octanol–water partition coefficient (Wildman–Crippen LogP) is 0.256. The molecule has 3 atom stereocenters. The first kappa shape index (κ1) is 12.3. The molecule has 94 valence electrons. The van der Waals surface area contributed by atoms with E-state index in [1.807, 2.05) is 0 Å². The van der Waals surface area contributed by atoms with Gasteiger partial charge in [0.05, 0.1) is 6.10 Å². The van der Waals surface area contributed by atoms with Crippen LogP contribution in [0.5, 0.6) is 0 Å². The second-order valence-electron chi connectivity index (χ2n) is 4.25. The second kappa shape index (κ2) is 5.03. The van der Waals surface area contributed by atoms with Gasteiger partial charge in [-0.3, -0.25) is 0 Å². The summed E-state index contributed by atoms with van der Waals surface area (Å²) in [7, 11) is 0. The zero-order chi connectivity index (χ0) is 12.4. The molecule has 1 aliphatic rings. The summed E-state index contributed by atoms with van der Waals surface area (Å²) in [5.74, 6) is 0.381. The van der Waals surface area contributed by atoms with Crippen molar-refractivity contribution < 1.29 is 10.2 Å². The summed E-state index contributed by atoms with van der Waals surface area (Å²) < 4.78 is 0. The Hall–Kier alpha value is -1.11. The summed E-state index contributed by atoms with van der Waals surface area (Å²) in [6.07, 6.45) is 2.08. The molecule has 1 aromatic heterocycles. The SMILES string of the molecule is Nc1c(Cl)ncnc1N[C@@H]1C[C@@H](CO)[C@@H](O)C1. The van der Waals surface area contributed by atoms with E-state index in [1.165, 1.54) is 6.33 Å². The minimum atomic E-state index is -0.490. The lowest BCUT2D eigenvalue weighted by molar-refractivity contribution is 0.0908. The van der Waals surface area contributed by atoms with Gasteiger partial charge < -0.3 is 21.3 Å². The maximum absolute atomic E-state index is 9.67. The van der Waals surface area contributed by atoms with E-state index in [-0.39, 0.29) is 23.7 Å². The fourth-order valence-electron chi connectivity index (χ4n) is 2.10. The van der Waals surface area contributed by atoms with E-state index in [4.69, 9.17) is 22.4 Å². The molecule has 0 unspecified atom stereocenters. The van der Waals surface area contributed by atoms with Gasteiger partial charge in [0, 0.05) is 18.6 Å². The summed E-state index contributed by atoms with van der Waals surface area (Å²) in [6.45, 7) is -0.0145. The molecule has 0 amide bonds. The van der Waals surface area contributed by atoms with Crippen LogP contribution in [0.2, 0.25) is 5.15 Å². The smallest absolute Gasteiger partial charge is 0.157 e. The summed E-state index contributed by atoms with van der Waals surface area (Å²) in [6, 6.07) is 0.0374. The average Bonchev–Trinajstić information content (AvgIpc) is 2.65. The minimum absolute atomic E-state index is 0.0145. The number of rotatable bonds is 3. The van der Waals surface area contributed by atoms with Gasteiger partial charge in [-0.15, -0.1) is 0 Å². The third kappa shape index (κ3) is 2.59. The van der Waals surface area contributed by atoms with E-state index < -0.39 is 6.10 Å². The number of halogens is 1. The highest BCUT2D eigenvalue weighted by molar-refractivity contribution is 6.32. The molecule has 0 aromatic carbocycles. The minimum Gasteiger partial charge on any atom is -0.396 e. The first-order valence-corrected chi connectivity index (χ1v) is 5.81. The number of aliphatic hydroxyl groups is 2. The number of aliphatic hydroxyl groups excluding tert-OH is 2. The molecule has 1 saturated carbocycles. The van der Waals surface area contributed by atoms with E-state index in [2.05, 4.69) is 15.3 Å². The standard InChI is InChI=1S/C10H15ClN4O2/c11-9-8(12)10(14-4-13-9)15-6-1-5(3-16)7(17)2-6/h4-7,16-17H,1-3,12H2,(H,13,14,15)/t5-,6+,7-/m0/s1. The van der Waals surface area contributed by atoms with Gasteiger partial charge in [-0.1, -0.05) is 11.6 Å². The van der Waals surface area contributed by atoms with Gasteiger partial charge in [-0.2, -0.15) is 0 Å². The first-order chi connectivity index (χ1) is 8.11. The van der Waals surface area contributed by atoms with Crippen LogP contribution in [0.4, 0.5) is 11.5 Å². The van der Waals surface area contributed by atoms with Gasteiger partial charge in [-0.05, 0) is 12.8 Å². The van der Waals surface area contributed by atoms with Gasteiger partial charge in [0.15, 0.2) is 11.0 Å². The molecule has 17 heavy (non-hydrogen) atoms. The van der Waals surface area contributed by atoms with Crippen molar-refractivity contribution in [1.29, 1.82) is 0 Å². The van der Waals surface area contributed by atoms with Crippen molar-refractivity contribution in [3.63, 3.8) is 0 Å². The molecule has 1 heterocycles. The number of hydrogen-bond acceptors (Lipinski definition) is 6. The summed E-state index contributed by atoms with van der Waals surface area (Å²) >= 11 is 5.78. The molecular weight excluding hydrogens is 244 g/mol. The molecule has 0 spiro atoms. The van der Waals surface area contributed by atoms with Gasteiger partial charge in [0.1, 0.15) is 12.0 Å². The molecule has 7 heteroatoms. The lowest BCUT2D eigenvalue weighted by Gasteiger charge is -2.14. The highest BCUT2D eigenvalue weighted by Gasteiger charge is 2.32. The van der Waals surface area contributed by atoms with Crippen LogP contribution in [-0.4, -0.2) is 38.9 Å². The van der Waals surface area contributed by atoms with Crippen LogP contribution in [0.3, 0.4) is 0 Å². The molecule has 0 bridgehead atoms. The molecule has 5 N–H and O–H groups in total. The van der Waals surface area contributed by atoms with Crippen molar-refractivity contribution in [2.45, 2.75) is 25.0 Å². The van der Waals surface area contributed by atoms with Crippen molar-refractivity contribution in [2.75, 3.05) is 17.7 Å². The number of hydrogen-bond donors (Lipinski definition) is 4. The molecule has 1 fully saturated rings. The Labute approximate surface area is 104 Å². The zero-order valence-corrected chi connectivity index (χ0v) is 9.93. The number of nitrogen functional groups attached to an aromatic ring is 1. The van der Waals surface area contributed by atoms with Gasteiger partial charge in [0.25, 0.3) is 0 Å². The molecule has 1 aliphatic carbocycles. The van der Waals surface area contributed by atoms with Crippen molar-refractivity contribution in [2.24, 2.45) is 5.92 Å². The van der Waals surface area contributed by atoms with Crippen LogP contribution in [0.1, 0.15) is 12.8 Å². The molecular formula is C10H15ClN4O2. The van der Waals surface area contributed by atoms with Crippen LogP contribution in [0.25, 0.3) is 0 Å². The van der Waals surface area contributed by atoms with Gasteiger partial charge >= 0.3 is 0 Å².